The van der Waals surface area contributed by atoms with Crippen LogP contribution >= 0.6 is 0 Å². The molecular weight excluding hydrogens is 601 g/mol. The normalized spacial score (nSPS) is 11.9. The zero-order chi connectivity index (χ0) is 33.6. The molecule has 50 heavy (non-hydrogen) atoms. The van der Waals surface area contributed by atoms with E-state index in [0.717, 1.165) is 11.1 Å². The van der Waals surface area contributed by atoms with Crippen LogP contribution in [0.25, 0.3) is 92.8 Å². The van der Waals surface area contributed by atoms with Gasteiger partial charge >= 0.3 is 0 Å². The second-order valence-corrected chi connectivity index (χ2v) is 12.9. The van der Waals surface area contributed by atoms with Gasteiger partial charge in [0.05, 0.1) is 0 Å². The number of fused-ring (bicyclic) bond motifs is 6. The van der Waals surface area contributed by atoms with E-state index >= 15 is 0 Å². The lowest BCUT2D eigenvalue weighted by molar-refractivity contribution is 1.63. The molecule has 0 fully saturated rings. The molecule has 0 heterocycles. The Kier molecular flexibility index (Phi) is 7.22. The summed E-state index contributed by atoms with van der Waals surface area (Å²) in [5.74, 6) is 0. The van der Waals surface area contributed by atoms with Crippen molar-refractivity contribution in [3.8, 4) is 33.4 Å². The smallest absolute Gasteiger partial charge is 0.00262 e. The fraction of sp³-hybridized carbons (Fsp3) is 0. The van der Waals surface area contributed by atoms with E-state index in [1.807, 2.05) is 18.2 Å². The molecule has 0 heteroatoms. The number of benzene rings is 9. The van der Waals surface area contributed by atoms with E-state index in [2.05, 4.69) is 177 Å². The summed E-state index contributed by atoms with van der Waals surface area (Å²) in [5.41, 5.74) is 9.63. The minimum atomic E-state index is 1.06. The fourth-order valence-corrected chi connectivity index (χ4v) is 7.93. The van der Waals surface area contributed by atoms with Gasteiger partial charge in [0.15, 0.2) is 0 Å². The van der Waals surface area contributed by atoms with Crippen LogP contribution in [-0.2, 0) is 0 Å². The van der Waals surface area contributed by atoms with Crippen LogP contribution in [0.5, 0.6) is 0 Å². The molecule has 0 radical (unpaired) electrons. The Bertz CT molecular complexity index is 2770. The first-order valence-corrected chi connectivity index (χ1v) is 17.2. The van der Waals surface area contributed by atoms with Crippen LogP contribution < -0.4 is 0 Å². The van der Waals surface area contributed by atoms with Crippen LogP contribution in [0.4, 0.5) is 0 Å². The van der Waals surface area contributed by atoms with Crippen molar-refractivity contribution in [2.24, 2.45) is 0 Å². The highest BCUT2D eigenvalue weighted by molar-refractivity contribution is 6.22. The third-order valence-electron chi connectivity index (χ3n) is 10.2. The van der Waals surface area contributed by atoms with E-state index in [9.17, 15) is 0 Å². The number of hydrogen-bond donors (Lipinski definition) is 0. The second-order valence-electron chi connectivity index (χ2n) is 12.9. The molecule has 9 rings (SSSR count). The Morgan fingerprint density at radius 2 is 0.880 bits per heavy atom. The molecule has 9 aromatic rings. The predicted octanol–water partition coefficient (Wildman–Crippen LogP) is 14.2. The van der Waals surface area contributed by atoms with Crippen LogP contribution in [0.1, 0.15) is 5.56 Å². The van der Waals surface area contributed by atoms with Gasteiger partial charge in [-0.05, 0) is 111 Å². The third kappa shape index (κ3) is 4.77. The SMILES string of the molecule is C=C/C=C(\C=C)c1cc2c(-c3ccc(-c4c5ccccc5c(-c5ccc6ccccc6c5)c5ccccc45)cc3)cccc2c2ccccc12. The van der Waals surface area contributed by atoms with Crippen molar-refractivity contribution in [3.63, 3.8) is 0 Å². The molecule has 9 aromatic carbocycles. The Morgan fingerprint density at radius 3 is 1.52 bits per heavy atom. The molecular formula is C50H34. The summed E-state index contributed by atoms with van der Waals surface area (Å²) in [6, 6.07) is 60.0. The minimum Gasteiger partial charge on any atom is -0.0990 e. The zero-order valence-electron chi connectivity index (χ0n) is 27.7. The Balaban J connectivity index is 1.24. The molecule has 0 aliphatic heterocycles. The molecule has 0 nitrogen and oxygen atoms in total. The van der Waals surface area contributed by atoms with Gasteiger partial charge in [0, 0.05) is 0 Å². The van der Waals surface area contributed by atoms with Crippen LogP contribution in [0.3, 0.4) is 0 Å². The maximum Gasteiger partial charge on any atom is -0.00262 e. The Labute approximate surface area is 292 Å². The molecule has 0 bridgehead atoms. The van der Waals surface area contributed by atoms with Crippen molar-refractivity contribution in [1.82, 2.24) is 0 Å². The first-order valence-electron chi connectivity index (χ1n) is 17.2. The highest BCUT2D eigenvalue weighted by Crippen LogP contribution is 2.45. The summed E-state index contributed by atoms with van der Waals surface area (Å²) in [6.07, 6.45) is 5.80. The van der Waals surface area contributed by atoms with Gasteiger partial charge in [-0.25, -0.2) is 0 Å². The highest BCUT2D eigenvalue weighted by Gasteiger charge is 2.17. The van der Waals surface area contributed by atoms with Gasteiger partial charge in [-0.1, -0.05) is 183 Å². The molecule has 0 saturated carbocycles. The molecule has 0 saturated heterocycles. The van der Waals surface area contributed by atoms with Gasteiger partial charge in [0.1, 0.15) is 0 Å². The molecule has 0 amide bonds. The summed E-state index contributed by atoms with van der Waals surface area (Å²) in [7, 11) is 0. The zero-order valence-corrected chi connectivity index (χ0v) is 27.7. The summed E-state index contributed by atoms with van der Waals surface area (Å²) < 4.78 is 0. The van der Waals surface area contributed by atoms with Gasteiger partial charge in [0.2, 0.25) is 0 Å². The molecule has 0 spiro atoms. The molecule has 0 aliphatic carbocycles. The average molecular weight is 635 g/mol. The summed E-state index contributed by atoms with van der Waals surface area (Å²) in [5, 5.41) is 12.5. The van der Waals surface area contributed by atoms with E-state index < -0.39 is 0 Å². The molecule has 0 N–H and O–H groups in total. The number of hydrogen-bond acceptors (Lipinski definition) is 0. The molecule has 0 aromatic heterocycles. The van der Waals surface area contributed by atoms with Gasteiger partial charge in [-0.3, -0.25) is 0 Å². The van der Waals surface area contributed by atoms with E-state index in [4.69, 9.17) is 0 Å². The van der Waals surface area contributed by atoms with Crippen molar-refractivity contribution >= 4 is 59.4 Å². The Morgan fingerprint density at radius 1 is 0.380 bits per heavy atom. The molecule has 0 atom stereocenters. The maximum absolute atomic E-state index is 4.12. The molecule has 0 unspecified atom stereocenters. The monoisotopic (exact) mass is 634 g/mol. The van der Waals surface area contributed by atoms with Crippen LogP contribution in [0.15, 0.2) is 195 Å². The lowest BCUT2D eigenvalue weighted by atomic mass is 9.85. The predicted molar refractivity (Wildman–Crippen MR) is 219 cm³/mol. The van der Waals surface area contributed by atoms with Crippen molar-refractivity contribution in [2.45, 2.75) is 0 Å². The first-order chi connectivity index (χ1) is 24.7. The van der Waals surface area contributed by atoms with Crippen molar-refractivity contribution in [1.29, 1.82) is 0 Å². The quantitative estimate of drug-likeness (QED) is 0.0970. The first kappa shape index (κ1) is 29.6. The lowest BCUT2D eigenvalue weighted by Crippen LogP contribution is -1.91. The second kappa shape index (κ2) is 12.2. The highest BCUT2D eigenvalue weighted by atomic mass is 14.2. The topological polar surface area (TPSA) is 0 Å². The summed E-state index contributed by atoms with van der Waals surface area (Å²) in [4.78, 5) is 0. The van der Waals surface area contributed by atoms with Gasteiger partial charge in [-0.2, -0.15) is 0 Å². The van der Waals surface area contributed by atoms with Gasteiger partial charge in [-0.15, -0.1) is 0 Å². The molecule has 234 valence electrons. The summed E-state index contributed by atoms with van der Waals surface area (Å²) in [6.45, 7) is 8.08. The van der Waals surface area contributed by atoms with Crippen molar-refractivity contribution in [2.75, 3.05) is 0 Å². The minimum absolute atomic E-state index is 1.06. The van der Waals surface area contributed by atoms with Crippen molar-refractivity contribution in [3.05, 3.63) is 201 Å². The fourth-order valence-electron chi connectivity index (χ4n) is 7.93. The average Bonchev–Trinajstić information content (AvgIpc) is 3.18. The third-order valence-corrected chi connectivity index (χ3v) is 10.2. The molecule has 0 aliphatic rings. The van der Waals surface area contributed by atoms with E-state index in [1.165, 1.54) is 87.2 Å². The largest absolute Gasteiger partial charge is 0.0990 e. The maximum atomic E-state index is 4.12. The van der Waals surface area contributed by atoms with E-state index in [-0.39, 0.29) is 0 Å². The van der Waals surface area contributed by atoms with Crippen LogP contribution in [0.2, 0.25) is 0 Å². The van der Waals surface area contributed by atoms with Gasteiger partial charge < -0.3 is 0 Å². The summed E-state index contributed by atoms with van der Waals surface area (Å²) >= 11 is 0. The number of rotatable bonds is 6. The van der Waals surface area contributed by atoms with E-state index in [0.29, 0.717) is 0 Å². The van der Waals surface area contributed by atoms with E-state index in [1.54, 1.807) is 0 Å². The van der Waals surface area contributed by atoms with Crippen LogP contribution in [-0.4, -0.2) is 0 Å². The van der Waals surface area contributed by atoms with Gasteiger partial charge in [0.25, 0.3) is 0 Å². The van der Waals surface area contributed by atoms with Crippen molar-refractivity contribution < 1.29 is 0 Å². The standard InChI is InChI=1S/C50H34/c1-3-14-33(4-2)47-32-48-39(23-13-24-42(48)40-17-7-8-18-41(40)47)35-26-28-36(29-27-35)49-43-19-9-11-21-45(43)50(46-22-12-10-20-44(46)49)38-30-25-34-15-5-6-16-37(34)31-38/h3-32H,1-2H2/b33-14+. The Hall–Kier alpha value is -6.50. The number of allylic oxidation sites excluding steroid dienone is 4. The lowest BCUT2D eigenvalue weighted by Gasteiger charge is -2.18. The van der Waals surface area contributed by atoms with Crippen LogP contribution in [0, 0.1) is 0 Å².